The van der Waals surface area contributed by atoms with Crippen molar-refractivity contribution in [1.82, 2.24) is 4.98 Å². The van der Waals surface area contributed by atoms with E-state index < -0.39 is 5.82 Å². The topological polar surface area (TPSA) is 36.0 Å². The molecule has 0 aliphatic carbocycles. The van der Waals surface area contributed by atoms with Crippen LogP contribution < -0.4 is 0 Å². The number of phenols is 1. The molecule has 0 saturated carbocycles. The van der Waals surface area contributed by atoms with Gasteiger partial charge in [-0.3, -0.25) is 0 Å². The van der Waals surface area contributed by atoms with Crippen LogP contribution in [0.5, 0.6) is 5.75 Å². The van der Waals surface area contributed by atoms with Gasteiger partial charge in [-0.1, -0.05) is 12.2 Å². The second-order valence-electron chi connectivity index (χ2n) is 3.08. The van der Waals surface area contributed by atoms with Crippen LogP contribution in [-0.2, 0) is 0 Å². The Balaban J connectivity index is 2.69. The smallest absolute Gasteiger partial charge is 0.131 e. The summed E-state index contributed by atoms with van der Waals surface area (Å²) in [4.78, 5) is 2.81. The summed E-state index contributed by atoms with van der Waals surface area (Å²) in [6.45, 7) is 0. The van der Waals surface area contributed by atoms with Crippen LogP contribution in [0.2, 0.25) is 0 Å². The lowest BCUT2D eigenvalue weighted by Crippen LogP contribution is -1.86. The predicted octanol–water partition coefficient (Wildman–Crippen LogP) is 3.26. The van der Waals surface area contributed by atoms with Gasteiger partial charge in [0.15, 0.2) is 0 Å². The van der Waals surface area contributed by atoms with E-state index in [1.165, 1.54) is 18.2 Å². The van der Waals surface area contributed by atoms with Crippen LogP contribution in [0.15, 0.2) is 36.5 Å². The molecular weight excluding hydrogens is 213 g/mol. The number of phenolic OH excluding ortho intramolecular Hbond substituents is 1. The molecule has 0 amide bonds. The molecule has 2 aromatic rings. The molecule has 76 valence electrons. The molecule has 0 aliphatic heterocycles. The number of hydrogen-bond donors (Lipinski definition) is 2. The highest BCUT2D eigenvalue weighted by Gasteiger charge is 2.07. The second kappa shape index (κ2) is 3.82. The minimum Gasteiger partial charge on any atom is -0.508 e. The first-order valence-corrected chi connectivity index (χ1v) is 4.76. The summed E-state index contributed by atoms with van der Waals surface area (Å²) < 4.78 is 13.9. The first kappa shape index (κ1) is 9.86. The molecule has 15 heavy (non-hydrogen) atoms. The Morgan fingerprint density at radius 2 is 2.00 bits per heavy atom. The minimum absolute atomic E-state index is 0.0182. The molecule has 1 aromatic carbocycles. The third-order valence-electron chi connectivity index (χ3n) is 2.06. The van der Waals surface area contributed by atoms with Crippen molar-refractivity contribution in [2.45, 2.75) is 0 Å². The van der Waals surface area contributed by atoms with Crippen molar-refractivity contribution in [2.24, 2.45) is 0 Å². The van der Waals surface area contributed by atoms with E-state index in [1.54, 1.807) is 18.3 Å². The average molecular weight is 221 g/mol. The van der Waals surface area contributed by atoms with Gasteiger partial charge in [-0.2, -0.15) is 0 Å². The van der Waals surface area contributed by atoms with Crippen molar-refractivity contribution in [3.05, 3.63) is 47.0 Å². The number of nitrogens with one attached hydrogen (secondary N) is 1. The minimum atomic E-state index is -0.404. The summed E-state index contributed by atoms with van der Waals surface area (Å²) in [7, 11) is 0. The number of pyridine rings is 1. The van der Waals surface area contributed by atoms with Gasteiger partial charge in [-0.25, -0.2) is 4.39 Å². The van der Waals surface area contributed by atoms with Crippen LogP contribution in [0.4, 0.5) is 4.39 Å². The Hall–Kier alpha value is -1.68. The summed E-state index contributed by atoms with van der Waals surface area (Å²) in [5.74, 6) is -0.386. The molecule has 0 bridgehead atoms. The maximum atomic E-state index is 13.5. The van der Waals surface area contributed by atoms with E-state index in [9.17, 15) is 9.50 Å². The molecule has 0 unspecified atom stereocenters. The van der Waals surface area contributed by atoms with Gasteiger partial charge in [-0.05, 0) is 30.3 Å². The third kappa shape index (κ3) is 1.89. The van der Waals surface area contributed by atoms with Gasteiger partial charge in [0.2, 0.25) is 0 Å². The van der Waals surface area contributed by atoms with Crippen LogP contribution in [0.25, 0.3) is 11.1 Å². The molecule has 0 radical (unpaired) electrons. The van der Waals surface area contributed by atoms with Gasteiger partial charge >= 0.3 is 0 Å². The van der Waals surface area contributed by atoms with Gasteiger partial charge in [0.1, 0.15) is 16.2 Å². The first-order chi connectivity index (χ1) is 7.18. The number of rotatable bonds is 1. The maximum Gasteiger partial charge on any atom is 0.131 e. The van der Waals surface area contributed by atoms with Crippen molar-refractivity contribution >= 4 is 12.2 Å². The van der Waals surface area contributed by atoms with Gasteiger partial charge in [0.25, 0.3) is 0 Å². The Morgan fingerprint density at radius 3 is 2.73 bits per heavy atom. The van der Waals surface area contributed by atoms with Crippen molar-refractivity contribution < 1.29 is 9.50 Å². The highest BCUT2D eigenvalue weighted by Crippen LogP contribution is 2.26. The van der Waals surface area contributed by atoms with E-state index in [1.807, 2.05) is 0 Å². The number of benzene rings is 1. The summed E-state index contributed by atoms with van der Waals surface area (Å²) >= 11 is 5.03. The van der Waals surface area contributed by atoms with Crippen LogP contribution in [0.3, 0.4) is 0 Å². The molecule has 2 nitrogen and oxygen atoms in total. The lowest BCUT2D eigenvalue weighted by atomic mass is 10.1. The molecule has 0 saturated heterocycles. The number of H-pyrrole nitrogens is 1. The summed E-state index contributed by atoms with van der Waals surface area (Å²) in [5.41, 5.74) is 0.873. The van der Waals surface area contributed by atoms with E-state index in [0.29, 0.717) is 15.8 Å². The maximum absolute atomic E-state index is 13.5. The molecule has 1 heterocycles. The fourth-order valence-electron chi connectivity index (χ4n) is 1.35. The van der Waals surface area contributed by atoms with Crippen LogP contribution >= 0.6 is 12.2 Å². The number of aromatic hydroxyl groups is 1. The van der Waals surface area contributed by atoms with Crippen LogP contribution in [0, 0.1) is 10.5 Å². The molecule has 4 heteroatoms. The largest absolute Gasteiger partial charge is 0.508 e. The van der Waals surface area contributed by atoms with Crippen molar-refractivity contribution in [3.63, 3.8) is 0 Å². The molecule has 2 N–H and O–H groups in total. The van der Waals surface area contributed by atoms with E-state index in [4.69, 9.17) is 12.2 Å². The molecular formula is C11H8FNOS. The number of aromatic nitrogens is 1. The van der Waals surface area contributed by atoms with E-state index in [0.717, 1.165) is 0 Å². The fraction of sp³-hybridized carbons (Fsp3) is 0. The normalized spacial score (nSPS) is 10.2. The highest BCUT2D eigenvalue weighted by atomic mass is 32.1. The first-order valence-electron chi connectivity index (χ1n) is 4.35. The third-order valence-corrected chi connectivity index (χ3v) is 2.40. The fourth-order valence-corrected chi connectivity index (χ4v) is 1.60. The molecule has 2 rings (SSSR count). The predicted molar refractivity (Wildman–Crippen MR) is 58.7 cm³/mol. The molecule has 0 aliphatic rings. The Labute approximate surface area is 91.0 Å². The second-order valence-corrected chi connectivity index (χ2v) is 3.49. The zero-order valence-corrected chi connectivity index (χ0v) is 8.51. The number of hydrogen-bond acceptors (Lipinski definition) is 2. The summed E-state index contributed by atoms with van der Waals surface area (Å²) in [5, 5.41) is 9.28. The monoisotopic (exact) mass is 221 g/mol. The van der Waals surface area contributed by atoms with Crippen LogP contribution in [0.1, 0.15) is 0 Å². The SMILES string of the molecule is Oc1ccc(F)c(-c2ccc[nH]c2=S)c1. The number of halogens is 1. The highest BCUT2D eigenvalue weighted by molar-refractivity contribution is 7.71. The van der Waals surface area contributed by atoms with E-state index in [-0.39, 0.29) is 5.75 Å². The van der Waals surface area contributed by atoms with Crippen molar-refractivity contribution in [2.75, 3.05) is 0 Å². The molecule has 1 aromatic heterocycles. The zero-order chi connectivity index (χ0) is 10.8. The van der Waals surface area contributed by atoms with Gasteiger partial charge < -0.3 is 10.1 Å². The summed E-state index contributed by atoms with van der Waals surface area (Å²) in [6, 6.07) is 7.31. The standard InChI is InChI=1S/C11H8FNOS/c12-10-4-3-7(14)6-9(10)8-2-1-5-13-11(8)15/h1-6,14H,(H,13,15). The molecule has 0 fully saturated rings. The quantitative estimate of drug-likeness (QED) is 0.725. The summed E-state index contributed by atoms with van der Waals surface area (Å²) in [6.07, 6.45) is 1.67. The van der Waals surface area contributed by atoms with Crippen LogP contribution in [-0.4, -0.2) is 10.1 Å². The number of aromatic amines is 1. The average Bonchev–Trinajstić information content (AvgIpc) is 2.23. The van der Waals surface area contributed by atoms with Gasteiger partial charge in [-0.15, -0.1) is 0 Å². The Morgan fingerprint density at radius 1 is 1.20 bits per heavy atom. The lowest BCUT2D eigenvalue weighted by molar-refractivity contribution is 0.473. The Bertz CT molecular complexity index is 550. The lowest BCUT2D eigenvalue weighted by Gasteiger charge is -2.03. The van der Waals surface area contributed by atoms with Gasteiger partial charge in [0, 0.05) is 17.3 Å². The molecule has 0 atom stereocenters. The van der Waals surface area contributed by atoms with Crippen molar-refractivity contribution in [1.29, 1.82) is 0 Å². The van der Waals surface area contributed by atoms with Gasteiger partial charge in [0.05, 0.1) is 0 Å². The van der Waals surface area contributed by atoms with E-state index >= 15 is 0 Å². The Kier molecular flexibility index (Phi) is 2.51. The zero-order valence-electron chi connectivity index (χ0n) is 7.70. The van der Waals surface area contributed by atoms with E-state index in [2.05, 4.69) is 4.98 Å². The van der Waals surface area contributed by atoms with Crippen molar-refractivity contribution in [3.8, 4) is 16.9 Å². The molecule has 0 spiro atoms.